The fraction of sp³-hybridized carbons (Fsp3) is 0.533. The van der Waals surface area contributed by atoms with Crippen LogP contribution in [0.25, 0.3) is 0 Å². The molecule has 2 atom stereocenters. The number of amides is 1. The zero-order valence-electron chi connectivity index (χ0n) is 11.6. The minimum absolute atomic E-state index is 0.00719. The summed E-state index contributed by atoms with van der Waals surface area (Å²) in [4.78, 5) is 12.1. The summed E-state index contributed by atoms with van der Waals surface area (Å²) in [5, 5.41) is 7.08. The van der Waals surface area contributed by atoms with E-state index in [0.717, 1.165) is 13.1 Å². The van der Waals surface area contributed by atoms with Crippen molar-refractivity contribution in [2.24, 2.45) is 11.8 Å². The molecule has 0 aliphatic carbocycles. The van der Waals surface area contributed by atoms with Crippen LogP contribution in [0.3, 0.4) is 0 Å². The first-order valence-corrected chi connectivity index (χ1v) is 7.78. The van der Waals surface area contributed by atoms with E-state index in [-0.39, 0.29) is 5.91 Å². The molecule has 1 aliphatic rings. The quantitative estimate of drug-likeness (QED) is 0.883. The summed E-state index contributed by atoms with van der Waals surface area (Å²) in [6.07, 6.45) is 2.89. The number of hydrogen-bond acceptors (Lipinski definition) is 2. The van der Waals surface area contributed by atoms with Gasteiger partial charge < -0.3 is 10.6 Å². The van der Waals surface area contributed by atoms with Gasteiger partial charge in [-0.05, 0) is 49.9 Å². The van der Waals surface area contributed by atoms with E-state index in [2.05, 4.69) is 17.6 Å². The van der Waals surface area contributed by atoms with Crippen LogP contribution in [0.5, 0.6) is 0 Å². The Morgan fingerprint density at radius 1 is 1.50 bits per heavy atom. The van der Waals surface area contributed by atoms with Gasteiger partial charge in [-0.1, -0.05) is 36.2 Å². The van der Waals surface area contributed by atoms with Crippen LogP contribution in [-0.2, 0) is 4.79 Å². The number of piperidine rings is 1. The van der Waals surface area contributed by atoms with E-state index in [1.165, 1.54) is 12.8 Å². The Bertz CT molecular complexity index is 473. The molecule has 1 fully saturated rings. The fourth-order valence-electron chi connectivity index (χ4n) is 2.63. The molecule has 1 amide bonds. The zero-order chi connectivity index (χ0) is 14.5. The maximum absolute atomic E-state index is 12.1. The van der Waals surface area contributed by atoms with Crippen molar-refractivity contribution < 1.29 is 4.79 Å². The lowest BCUT2D eigenvalue weighted by Crippen LogP contribution is -2.34. The van der Waals surface area contributed by atoms with Gasteiger partial charge in [0, 0.05) is 6.42 Å². The molecule has 110 valence electrons. The third-order valence-electron chi connectivity index (χ3n) is 3.87. The number of rotatable bonds is 4. The van der Waals surface area contributed by atoms with Crippen LogP contribution in [-0.4, -0.2) is 19.0 Å². The summed E-state index contributed by atoms with van der Waals surface area (Å²) in [5.41, 5.74) is 0.582. The van der Waals surface area contributed by atoms with Gasteiger partial charge in [0.2, 0.25) is 5.91 Å². The Labute approximate surface area is 130 Å². The third-order valence-corrected chi connectivity index (χ3v) is 4.69. The van der Waals surface area contributed by atoms with Crippen molar-refractivity contribution in [3.05, 3.63) is 28.2 Å². The molecule has 0 saturated carbocycles. The Morgan fingerprint density at radius 3 is 3.00 bits per heavy atom. The molecule has 0 radical (unpaired) electrons. The molecule has 0 bridgehead atoms. The van der Waals surface area contributed by atoms with Crippen LogP contribution in [0.15, 0.2) is 18.2 Å². The van der Waals surface area contributed by atoms with Gasteiger partial charge in [0.1, 0.15) is 0 Å². The summed E-state index contributed by atoms with van der Waals surface area (Å²) >= 11 is 12.0. The highest BCUT2D eigenvalue weighted by Crippen LogP contribution is 2.30. The highest BCUT2D eigenvalue weighted by Gasteiger charge is 2.22. The summed E-state index contributed by atoms with van der Waals surface area (Å²) in [5.74, 6) is 0.928. The topological polar surface area (TPSA) is 41.1 Å². The van der Waals surface area contributed by atoms with Crippen LogP contribution in [0.1, 0.15) is 26.2 Å². The van der Waals surface area contributed by atoms with Crippen LogP contribution >= 0.6 is 23.2 Å². The predicted octanol–water partition coefficient (Wildman–Crippen LogP) is 3.96. The van der Waals surface area contributed by atoms with Crippen molar-refractivity contribution in [2.75, 3.05) is 18.4 Å². The number of carbonyl (C=O) groups excluding carboxylic acids is 1. The molecule has 5 heteroatoms. The lowest BCUT2D eigenvalue weighted by atomic mass is 9.85. The van der Waals surface area contributed by atoms with Gasteiger partial charge in [-0.3, -0.25) is 4.79 Å². The molecular weight excluding hydrogens is 295 g/mol. The van der Waals surface area contributed by atoms with Crippen molar-refractivity contribution in [3.63, 3.8) is 0 Å². The predicted molar refractivity (Wildman–Crippen MR) is 84.5 cm³/mol. The Morgan fingerprint density at radius 2 is 2.30 bits per heavy atom. The van der Waals surface area contributed by atoms with E-state index in [9.17, 15) is 4.79 Å². The lowest BCUT2D eigenvalue weighted by Gasteiger charge is -2.28. The summed E-state index contributed by atoms with van der Waals surface area (Å²) in [7, 11) is 0. The minimum Gasteiger partial charge on any atom is -0.325 e. The van der Waals surface area contributed by atoms with Gasteiger partial charge in [0.15, 0.2) is 0 Å². The van der Waals surface area contributed by atoms with Gasteiger partial charge in [0.05, 0.1) is 15.7 Å². The molecule has 1 saturated heterocycles. The van der Waals surface area contributed by atoms with Crippen molar-refractivity contribution in [1.29, 1.82) is 0 Å². The molecule has 1 aromatic rings. The molecule has 0 aromatic heterocycles. The average Bonchev–Trinajstić information content (AvgIpc) is 2.45. The monoisotopic (exact) mass is 314 g/mol. The van der Waals surface area contributed by atoms with E-state index in [4.69, 9.17) is 23.2 Å². The smallest absolute Gasteiger partial charge is 0.224 e. The number of carbonyl (C=O) groups is 1. The summed E-state index contributed by atoms with van der Waals surface area (Å²) in [6.45, 7) is 4.23. The van der Waals surface area contributed by atoms with Gasteiger partial charge in [-0.15, -0.1) is 0 Å². The second kappa shape index (κ2) is 7.30. The Balaban J connectivity index is 1.90. The van der Waals surface area contributed by atoms with Crippen LogP contribution in [0.2, 0.25) is 10.0 Å². The number of hydrogen-bond donors (Lipinski definition) is 2. The summed E-state index contributed by atoms with van der Waals surface area (Å²) < 4.78 is 0. The van der Waals surface area contributed by atoms with E-state index in [0.29, 0.717) is 34.0 Å². The van der Waals surface area contributed by atoms with E-state index < -0.39 is 0 Å². The van der Waals surface area contributed by atoms with Crippen LogP contribution in [0.4, 0.5) is 5.69 Å². The summed E-state index contributed by atoms with van der Waals surface area (Å²) in [6, 6.07) is 5.24. The maximum atomic E-state index is 12.1. The highest BCUT2D eigenvalue weighted by molar-refractivity contribution is 6.43. The standard InChI is InChI=1S/C15H20Cl2N2O/c1-10(11-4-3-7-18-9-11)8-14(20)19-13-6-2-5-12(16)15(13)17/h2,5-6,10-11,18H,3-4,7-9H2,1H3,(H,19,20). The normalized spacial score (nSPS) is 20.4. The number of anilines is 1. The van der Waals surface area contributed by atoms with Crippen molar-refractivity contribution in [3.8, 4) is 0 Å². The number of nitrogens with one attached hydrogen (secondary N) is 2. The molecule has 20 heavy (non-hydrogen) atoms. The first kappa shape index (κ1) is 15.6. The second-order valence-electron chi connectivity index (χ2n) is 5.44. The van der Waals surface area contributed by atoms with E-state index in [1.807, 2.05) is 0 Å². The van der Waals surface area contributed by atoms with E-state index in [1.54, 1.807) is 18.2 Å². The van der Waals surface area contributed by atoms with Gasteiger partial charge >= 0.3 is 0 Å². The molecule has 2 rings (SSSR count). The second-order valence-corrected chi connectivity index (χ2v) is 6.22. The van der Waals surface area contributed by atoms with Crippen LogP contribution < -0.4 is 10.6 Å². The van der Waals surface area contributed by atoms with Crippen molar-refractivity contribution in [2.45, 2.75) is 26.2 Å². The first-order chi connectivity index (χ1) is 9.58. The molecule has 1 heterocycles. The largest absolute Gasteiger partial charge is 0.325 e. The third kappa shape index (κ3) is 4.11. The molecule has 2 unspecified atom stereocenters. The average molecular weight is 315 g/mol. The minimum atomic E-state index is -0.00719. The van der Waals surface area contributed by atoms with Crippen molar-refractivity contribution >= 4 is 34.8 Å². The van der Waals surface area contributed by atoms with E-state index >= 15 is 0 Å². The zero-order valence-corrected chi connectivity index (χ0v) is 13.1. The van der Waals surface area contributed by atoms with Gasteiger partial charge in [0.25, 0.3) is 0 Å². The Hall–Kier alpha value is -0.770. The number of benzene rings is 1. The highest BCUT2D eigenvalue weighted by atomic mass is 35.5. The fourth-order valence-corrected chi connectivity index (χ4v) is 2.97. The maximum Gasteiger partial charge on any atom is 0.224 e. The molecule has 1 aliphatic heterocycles. The first-order valence-electron chi connectivity index (χ1n) is 7.02. The Kier molecular flexibility index (Phi) is 5.70. The molecule has 1 aromatic carbocycles. The molecule has 0 spiro atoms. The van der Waals surface area contributed by atoms with Crippen LogP contribution in [0, 0.1) is 11.8 Å². The van der Waals surface area contributed by atoms with Gasteiger partial charge in [-0.2, -0.15) is 0 Å². The molecule has 2 N–H and O–H groups in total. The SMILES string of the molecule is CC(CC(=O)Nc1cccc(Cl)c1Cl)C1CCCNC1. The van der Waals surface area contributed by atoms with Gasteiger partial charge in [-0.25, -0.2) is 0 Å². The molecule has 3 nitrogen and oxygen atoms in total. The lowest BCUT2D eigenvalue weighted by molar-refractivity contribution is -0.117. The molecular formula is C15H20Cl2N2O. The van der Waals surface area contributed by atoms with Crippen molar-refractivity contribution in [1.82, 2.24) is 5.32 Å². The number of halogens is 2.